The number of hydrogen-bond donors (Lipinski definition) is 0. The number of ether oxygens (including phenoxy) is 2. The van der Waals surface area contributed by atoms with Crippen LogP contribution in [0, 0.1) is 0 Å². The number of rotatable bonds is 25. The maximum absolute atomic E-state index is 13.1. The van der Waals surface area contributed by atoms with Crippen LogP contribution in [0.3, 0.4) is 0 Å². The second-order valence-corrected chi connectivity index (χ2v) is 10.2. The molecule has 0 aromatic carbocycles. The highest BCUT2D eigenvalue weighted by Crippen LogP contribution is 2.46. The summed E-state index contributed by atoms with van der Waals surface area (Å²) < 4.78 is 96.5. The van der Waals surface area contributed by atoms with Crippen molar-refractivity contribution in [3.05, 3.63) is 0 Å². The van der Waals surface area contributed by atoms with Crippen LogP contribution in [0.1, 0.15) is 135 Å². The van der Waals surface area contributed by atoms with Gasteiger partial charge >= 0.3 is 30.0 Å². The molecule has 0 unspecified atom stereocenters. The van der Waals surface area contributed by atoms with Crippen molar-refractivity contribution in [2.24, 2.45) is 0 Å². The van der Waals surface area contributed by atoms with Crippen molar-refractivity contribution in [2.75, 3.05) is 13.2 Å². The summed E-state index contributed by atoms with van der Waals surface area (Å²) >= 11 is 0. The van der Waals surface area contributed by atoms with E-state index in [1.165, 1.54) is 83.5 Å². The van der Waals surface area contributed by atoms with Crippen LogP contribution >= 0.6 is 0 Å². The fourth-order valence-electron chi connectivity index (χ4n) is 4.01. The standard InChI is InChI=1S/C28H47F7O4/c1-2-3-4-5-6-7-8-9-10-11-12-13-14-15-16-17-18-19-22-38-24(36)20-21-25(37)39-23-26(29,30)27(31,32)28(33,34)35/h2-23H2,1H3. The maximum atomic E-state index is 13.1. The van der Waals surface area contributed by atoms with Crippen molar-refractivity contribution in [1.29, 1.82) is 0 Å². The van der Waals surface area contributed by atoms with Crippen LogP contribution in [-0.4, -0.2) is 43.2 Å². The molecule has 232 valence electrons. The Bertz CT molecular complexity index is 640. The van der Waals surface area contributed by atoms with Crippen molar-refractivity contribution in [1.82, 2.24) is 0 Å². The summed E-state index contributed by atoms with van der Waals surface area (Å²) in [6.07, 6.45) is 14.1. The Balaban J connectivity index is 3.56. The highest BCUT2D eigenvalue weighted by Gasteiger charge is 2.73. The lowest BCUT2D eigenvalue weighted by atomic mass is 10.0. The number of unbranched alkanes of at least 4 members (excludes halogenated alkanes) is 17. The van der Waals surface area contributed by atoms with E-state index in [0.29, 0.717) is 6.42 Å². The molecule has 0 aliphatic rings. The first-order chi connectivity index (χ1) is 18.3. The van der Waals surface area contributed by atoms with Gasteiger partial charge in [-0.3, -0.25) is 9.59 Å². The fraction of sp³-hybridized carbons (Fsp3) is 0.929. The van der Waals surface area contributed by atoms with Gasteiger partial charge in [0.25, 0.3) is 0 Å². The van der Waals surface area contributed by atoms with Crippen molar-refractivity contribution in [3.8, 4) is 0 Å². The summed E-state index contributed by atoms with van der Waals surface area (Å²) in [6.45, 7) is -0.102. The summed E-state index contributed by atoms with van der Waals surface area (Å²) in [7, 11) is 0. The monoisotopic (exact) mass is 580 g/mol. The molecule has 0 aromatic rings. The number of hydrogen-bond acceptors (Lipinski definition) is 4. The maximum Gasteiger partial charge on any atom is 0.460 e. The van der Waals surface area contributed by atoms with Gasteiger partial charge in [-0.15, -0.1) is 0 Å². The molecule has 0 fully saturated rings. The van der Waals surface area contributed by atoms with E-state index >= 15 is 0 Å². The van der Waals surface area contributed by atoms with Crippen LogP contribution < -0.4 is 0 Å². The molecule has 0 atom stereocenters. The summed E-state index contributed by atoms with van der Waals surface area (Å²) in [5.41, 5.74) is 0. The first-order valence-electron chi connectivity index (χ1n) is 14.5. The zero-order valence-corrected chi connectivity index (χ0v) is 23.3. The van der Waals surface area contributed by atoms with Gasteiger partial charge in [-0.25, -0.2) is 0 Å². The molecular formula is C28H47F7O4. The first-order valence-corrected chi connectivity index (χ1v) is 14.5. The molecule has 0 saturated carbocycles. The SMILES string of the molecule is CCCCCCCCCCCCCCCCCCCCOC(=O)CCC(=O)OCC(F)(F)C(F)(F)C(F)(F)F. The zero-order chi connectivity index (χ0) is 29.6. The summed E-state index contributed by atoms with van der Waals surface area (Å²) in [4.78, 5) is 22.9. The molecule has 0 heterocycles. The molecule has 0 rings (SSSR count). The van der Waals surface area contributed by atoms with Crippen molar-refractivity contribution in [2.45, 2.75) is 153 Å². The Hall–Kier alpha value is -1.55. The Labute approximate surface area is 228 Å². The lowest BCUT2D eigenvalue weighted by Gasteiger charge is -2.27. The van der Waals surface area contributed by atoms with Crippen LogP contribution in [0.25, 0.3) is 0 Å². The lowest BCUT2D eigenvalue weighted by Crippen LogP contribution is -2.54. The minimum absolute atomic E-state index is 0.114. The molecule has 11 heteroatoms. The number of carbonyl (C=O) groups is 2. The molecule has 0 radical (unpaired) electrons. The Kier molecular flexibility index (Phi) is 20.4. The smallest absolute Gasteiger partial charge is 0.460 e. The molecule has 4 nitrogen and oxygen atoms in total. The second kappa shape index (κ2) is 21.2. The van der Waals surface area contributed by atoms with Gasteiger partial charge in [-0.2, -0.15) is 30.7 Å². The molecule has 0 aliphatic heterocycles. The highest BCUT2D eigenvalue weighted by atomic mass is 19.4. The van der Waals surface area contributed by atoms with E-state index in [9.17, 15) is 40.3 Å². The van der Waals surface area contributed by atoms with Gasteiger partial charge in [0.15, 0.2) is 6.61 Å². The lowest BCUT2D eigenvalue weighted by molar-refractivity contribution is -0.359. The van der Waals surface area contributed by atoms with E-state index in [1.54, 1.807) is 0 Å². The Morgan fingerprint density at radius 3 is 1.21 bits per heavy atom. The highest BCUT2D eigenvalue weighted by molar-refractivity contribution is 5.77. The third kappa shape index (κ3) is 18.4. The van der Waals surface area contributed by atoms with Crippen LogP contribution in [0.15, 0.2) is 0 Å². The van der Waals surface area contributed by atoms with Crippen LogP contribution in [0.2, 0.25) is 0 Å². The minimum Gasteiger partial charge on any atom is -0.466 e. The second-order valence-electron chi connectivity index (χ2n) is 10.2. The number of alkyl halides is 7. The molecule has 0 spiro atoms. The molecular weight excluding hydrogens is 533 g/mol. The molecule has 0 saturated heterocycles. The molecule has 0 N–H and O–H groups in total. The Morgan fingerprint density at radius 1 is 0.513 bits per heavy atom. The molecule has 0 amide bonds. The van der Waals surface area contributed by atoms with Gasteiger partial charge in [0, 0.05) is 0 Å². The summed E-state index contributed by atoms with van der Waals surface area (Å²) in [5.74, 6) is -14.3. The van der Waals surface area contributed by atoms with E-state index in [1.807, 2.05) is 0 Å². The van der Waals surface area contributed by atoms with Crippen LogP contribution in [0.4, 0.5) is 30.7 Å². The van der Waals surface area contributed by atoms with E-state index in [2.05, 4.69) is 11.7 Å². The number of esters is 2. The molecule has 39 heavy (non-hydrogen) atoms. The predicted molar refractivity (Wildman–Crippen MR) is 136 cm³/mol. The van der Waals surface area contributed by atoms with Crippen LogP contribution in [-0.2, 0) is 19.1 Å². The summed E-state index contributed by atoms with van der Waals surface area (Å²) in [6, 6.07) is 0. The third-order valence-electron chi connectivity index (χ3n) is 6.52. The van der Waals surface area contributed by atoms with Crippen molar-refractivity contribution < 1.29 is 49.8 Å². The molecule has 0 aromatic heterocycles. The fourth-order valence-corrected chi connectivity index (χ4v) is 4.01. The third-order valence-corrected chi connectivity index (χ3v) is 6.52. The van der Waals surface area contributed by atoms with E-state index < -0.39 is 49.4 Å². The normalized spacial score (nSPS) is 12.5. The van der Waals surface area contributed by atoms with Gasteiger partial charge in [-0.1, -0.05) is 116 Å². The number of halogens is 7. The Morgan fingerprint density at radius 2 is 0.846 bits per heavy atom. The first kappa shape index (κ1) is 37.5. The summed E-state index contributed by atoms with van der Waals surface area (Å²) in [5, 5.41) is 0. The van der Waals surface area contributed by atoms with Crippen molar-refractivity contribution >= 4 is 11.9 Å². The van der Waals surface area contributed by atoms with E-state index in [0.717, 1.165) is 25.7 Å². The van der Waals surface area contributed by atoms with Gasteiger partial charge in [0.1, 0.15) is 0 Å². The molecule has 0 aliphatic carbocycles. The quantitative estimate of drug-likeness (QED) is 0.0613. The average Bonchev–Trinajstić information content (AvgIpc) is 2.86. The average molecular weight is 581 g/mol. The van der Waals surface area contributed by atoms with Gasteiger partial charge in [0.05, 0.1) is 19.4 Å². The molecule has 0 bridgehead atoms. The number of carbonyl (C=O) groups excluding carboxylic acids is 2. The largest absolute Gasteiger partial charge is 0.466 e. The topological polar surface area (TPSA) is 52.6 Å². The minimum atomic E-state index is -6.50. The van der Waals surface area contributed by atoms with Gasteiger partial charge < -0.3 is 9.47 Å². The predicted octanol–water partition coefficient (Wildman–Crippen LogP) is 9.73. The van der Waals surface area contributed by atoms with Gasteiger partial charge in [-0.05, 0) is 6.42 Å². The van der Waals surface area contributed by atoms with Crippen LogP contribution in [0.5, 0.6) is 0 Å². The van der Waals surface area contributed by atoms with Crippen molar-refractivity contribution in [3.63, 3.8) is 0 Å². The van der Waals surface area contributed by atoms with E-state index in [4.69, 9.17) is 4.74 Å². The van der Waals surface area contributed by atoms with Gasteiger partial charge in [0.2, 0.25) is 0 Å². The zero-order valence-electron chi connectivity index (χ0n) is 23.3. The van der Waals surface area contributed by atoms with E-state index in [-0.39, 0.29) is 6.61 Å².